The third-order valence-corrected chi connectivity index (χ3v) is 7.35. The minimum absolute atomic E-state index is 0.187. The van der Waals surface area contributed by atoms with E-state index in [9.17, 15) is 30.3 Å². The lowest BCUT2D eigenvalue weighted by Gasteiger charge is -2.43. The summed E-state index contributed by atoms with van der Waals surface area (Å²) >= 11 is 0. The summed E-state index contributed by atoms with van der Waals surface area (Å²) < 4.78 is 33.2. The lowest BCUT2D eigenvalue weighted by molar-refractivity contribution is -0.344. The first-order valence-corrected chi connectivity index (χ1v) is 11.9. The lowest BCUT2D eigenvalue weighted by atomic mass is 9.85. The zero-order chi connectivity index (χ0) is 26.3. The number of hydrogen-bond donors (Lipinski definition) is 5. The van der Waals surface area contributed by atoms with Crippen LogP contribution in [0.1, 0.15) is 5.56 Å². The molecule has 2 saturated heterocycles. The molecule has 1 saturated carbocycles. The van der Waals surface area contributed by atoms with Gasteiger partial charge in [-0.25, -0.2) is 4.79 Å². The first kappa shape index (κ1) is 26.1. The highest BCUT2D eigenvalue weighted by Gasteiger charge is 2.76. The van der Waals surface area contributed by atoms with Gasteiger partial charge in [0.25, 0.3) is 0 Å². The summed E-state index contributed by atoms with van der Waals surface area (Å²) in [5.41, 5.74) is -0.330. The number of esters is 1. The molecule has 0 radical (unpaired) electrons. The normalized spacial score (nSPS) is 42.1. The minimum atomic E-state index is -1.63. The van der Waals surface area contributed by atoms with E-state index in [1.165, 1.54) is 12.3 Å². The Hall–Kier alpha value is -2.55. The molecule has 5 N–H and O–H groups in total. The Morgan fingerprint density at radius 1 is 1.05 bits per heavy atom. The Morgan fingerprint density at radius 3 is 2.51 bits per heavy atom. The van der Waals surface area contributed by atoms with Gasteiger partial charge in [-0.05, 0) is 29.8 Å². The van der Waals surface area contributed by atoms with Crippen LogP contribution in [0.5, 0.6) is 5.75 Å². The average Bonchev–Trinajstić information content (AvgIpc) is 3.60. The summed E-state index contributed by atoms with van der Waals surface area (Å²) in [6.07, 6.45) is -4.21. The topological polar surface area (TPSA) is 177 Å². The summed E-state index contributed by atoms with van der Waals surface area (Å²) in [5.74, 6) is -1.04. The van der Waals surface area contributed by atoms with Gasteiger partial charge in [-0.2, -0.15) is 0 Å². The van der Waals surface area contributed by atoms with E-state index in [4.69, 9.17) is 28.4 Å². The minimum Gasteiger partial charge on any atom is -0.497 e. The molecule has 11 atom stereocenters. The van der Waals surface area contributed by atoms with Crippen molar-refractivity contribution in [1.29, 1.82) is 0 Å². The van der Waals surface area contributed by atoms with Crippen molar-refractivity contribution in [3.63, 3.8) is 0 Å². The van der Waals surface area contributed by atoms with E-state index in [0.717, 1.165) is 5.56 Å². The quantitative estimate of drug-likeness (QED) is 0.155. The molecule has 1 aliphatic carbocycles. The third kappa shape index (κ3) is 4.75. The third-order valence-electron chi connectivity index (χ3n) is 7.35. The molecule has 3 aliphatic heterocycles. The van der Waals surface area contributed by atoms with Gasteiger partial charge in [0.2, 0.25) is 6.29 Å². The predicted molar refractivity (Wildman–Crippen MR) is 122 cm³/mol. The van der Waals surface area contributed by atoms with E-state index in [0.29, 0.717) is 5.75 Å². The van der Waals surface area contributed by atoms with Crippen LogP contribution >= 0.6 is 0 Å². The Morgan fingerprint density at radius 2 is 1.81 bits per heavy atom. The highest BCUT2D eigenvalue weighted by atomic mass is 16.8. The van der Waals surface area contributed by atoms with Crippen molar-refractivity contribution in [3.05, 3.63) is 48.2 Å². The Balaban J connectivity index is 1.26. The molecule has 3 heterocycles. The number of aliphatic hydroxyl groups excluding tert-OH is 5. The van der Waals surface area contributed by atoms with Crippen LogP contribution in [0.3, 0.4) is 0 Å². The second kappa shape index (κ2) is 10.3. The molecular weight excluding hydrogens is 492 g/mol. The largest absolute Gasteiger partial charge is 0.497 e. The van der Waals surface area contributed by atoms with E-state index in [1.54, 1.807) is 43.5 Å². The van der Waals surface area contributed by atoms with Gasteiger partial charge in [-0.15, -0.1) is 0 Å². The maximum atomic E-state index is 12.4. The molecule has 12 heteroatoms. The van der Waals surface area contributed by atoms with E-state index < -0.39 is 79.2 Å². The fourth-order valence-electron chi connectivity index (χ4n) is 5.27. The number of epoxide rings is 1. The molecule has 5 rings (SSSR count). The number of hydrogen-bond acceptors (Lipinski definition) is 12. The molecule has 37 heavy (non-hydrogen) atoms. The van der Waals surface area contributed by atoms with Crippen molar-refractivity contribution in [3.8, 4) is 5.75 Å². The summed E-state index contributed by atoms with van der Waals surface area (Å²) in [7, 11) is 1.56. The molecule has 3 fully saturated rings. The van der Waals surface area contributed by atoms with Crippen molar-refractivity contribution >= 4 is 12.0 Å². The van der Waals surface area contributed by atoms with E-state index in [2.05, 4.69) is 0 Å². The number of carbonyl (C=O) groups excluding carboxylic acids is 1. The maximum Gasteiger partial charge on any atom is 0.330 e. The second-order valence-corrected chi connectivity index (χ2v) is 9.47. The highest BCUT2D eigenvalue weighted by Crippen LogP contribution is 2.60. The fraction of sp³-hybridized carbons (Fsp3) is 0.560. The first-order valence-electron chi connectivity index (χ1n) is 11.9. The maximum absolute atomic E-state index is 12.4. The molecule has 0 amide bonds. The van der Waals surface area contributed by atoms with Gasteiger partial charge in [-0.1, -0.05) is 12.1 Å². The van der Waals surface area contributed by atoms with E-state index in [-0.39, 0.29) is 6.61 Å². The number of methoxy groups -OCH3 is 1. The number of rotatable bonds is 8. The predicted octanol–water partition coefficient (Wildman–Crippen LogP) is -1.32. The summed E-state index contributed by atoms with van der Waals surface area (Å²) in [5, 5.41) is 50.6. The zero-order valence-corrected chi connectivity index (χ0v) is 19.9. The Kier molecular flexibility index (Phi) is 7.27. The molecule has 0 spiro atoms. The van der Waals surface area contributed by atoms with Gasteiger partial charge in [0, 0.05) is 12.0 Å². The lowest BCUT2D eigenvalue weighted by Crippen LogP contribution is -2.60. The Labute approximate surface area is 212 Å². The van der Waals surface area contributed by atoms with Crippen molar-refractivity contribution < 1.29 is 58.7 Å². The van der Waals surface area contributed by atoms with Crippen LogP contribution < -0.4 is 4.74 Å². The van der Waals surface area contributed by atoms with Crippen LogP contribution in [-0.2, 0) is 28.5 Å². The number of fused-ring (bicyclic) bond motifs is 3. The van der Waals surface area contributed by atoms with Gasteiger partial charge >= 0.3 is 5.97 Å². The number of ether oxygens (including phenoxy) is 6. The van der Waals surface area contributed by atoms with Gasteiger partial charge in [0.1, 0.15) is 48.5 Å². The first-order chi connectivity index (χ1) is 17.8. The monoisotopic (exact) mass is 522 g/mol. The molecular formula is C25H30O12. The smallest absolute Gasteiger partial charge is 0.330 e. The zero-order valence-electron chi connectivity index (χ0n) is 19.9. The highest BCUT2D eigenvalue weighted by molar-refractivity contribution is 5.87. The van der Waals surface area contributed by atoms with Crippen molar-refractivity contribution in [1.82, 2.24) is 0 Å². The summed E-state index contributed by atoms with van der Waals surface area (Å²) in [4.78, 5) is 12.4. The number of benzene rings is 1. The van der Waals surface area contributed by atoms with Crippen molar-refractivity contribution in [2.24, 2.45) is 11.8 Å². The van der Waals surface area contributed by atoms with Gasteiger partial charge in [-0.3, -0.25) is 0 Å². The van der Waals surface area contributed by atoms with Crippen LogP contribution in [0.2, 0.25) is 0 Å². The molecule has 202 valence electrons. The van der Waals surface area contributed by atoms with Crippen LogP contribution in [0, 0.1) is 11.8 Å². The van der Waals surface area contributed by atoms with Crippen LogP contribution in [0.15, 0.2) is 42.7 Å². The van der Waals surface area contributed by atoms with Crippen LogP contribution in [0.4, 0.5) is 0 Å². The van der Waals surface area contributed by atoms with Crippen LogP contribution in [-0.4, -0.2) is 107 Å². The fourth-order valence-corrected chi connectivity index (χ4v) is 5.27. The molecule has 1 aromatic rings. The second-order valence-electron chi connectivity index (χ2n) is 9.47. The number of aliphatic hydroxyl groups is 5. The van der Waals surface area contributed by atoms with Gasteiger partial charge in [0.15, 0.2) is 6.29 Å². The molecule has 12 nitrogen and oxygen atoms in total. The van der Waals surface area contributed by atoms with Gasteiger partial charge < -0.3 is 54.0 Å². The van der Waals surface area contributed by atoms with Gasteiger partial charge in [0.05, 0.1) is 32.0 Å². The molecule has 0 unspecified atom stereocenters. The summed E-state index contributed by atoms with van der Waals surface area (Å²) in [6, 6.07) is 7.09. The van der Waals surface area contributed by atoms with Crippen molar-refractivity contribution in [2.75, 3.05) is 20.3 Å². The number of carbonyl (C=O) groups is 1. The summed E-state index contributed by atoms with van der Waals surface area (Å²) in [6.45, 7) is -0.802. The van der Waals surface area contributed by atoms with Crippen molar-refractivity contribution in [2.45, 2.75) is 54.8 Å². The molecule has 4 aliphatic rings. The molecule has 0 bridgehead atoms. The van der Waals surface area contributed by atoms with Crippen LogP contribution in [0.25, 0.3) is 6.08 Å². The molecule has 0 aromatic heterocycles. The van der Waals surface area contributed by atoms with E-state index in [1.807, 2.05) is 0 Å². The SMILES string of the molecule is COc1ccc(C=CC(=O)OC[C@]23O[C@H]2[C@@H](O)[C@@H]2C=CO[C@@H](O[C@@H]4O[C@H](CO)[C@@H](O)[C@H](O)[C@H]4O)[C@@H]23)cc1. The van der Waals surface area contributed by atoms with E-state index >= 15 is 0 Å². The molecule has 1 aromatic carbocycles. The average molecular weight is 523 g/mol. The standard InChI is InChI=1S/C25H30O12/c1-32-13-5-2-12(3-6-13)4-7-16(27)34-11-25-17-14(18(28)22(25)37-25)8-9-33-23(17)36-24-21(31)20(30)19(29)15(10-26)35-24/h2-9,14-15,17-24,26,28-31H,10-11H2,1H3/t14-,15-,17-,18+,19-,20+,21-,22+,23+,24+,25-/m1/s1. The Bertz CT molecular complexity index is 1030.